The normalized spacial score (nSPS) is 18.0. The Morgan fingerprint density at radius 2 is 2.05 bits per heavy atom. The average Bonchev–Trinajstić information content (AvgIpc) is 3.37. The minimum Gasteiger partial charge on any atom is -0.382 e. The summed E-state index contributed by atoms with van der Waals surface area (Å²) in [6.07, 6.45) is 5.35. The van der Waals surface area contributed by atoms with Gasteiger partial charge in [0.25, 0.3) is 5.91 Å². The molecular formula is C15H24N4OS. The first-order valence-corrected chi connectivity index (χ1v) is 8.67. The molecule has 6 heteroatoms. The molecule has 0 unspecified atom stereocenters. The van der Waals surface area contributed by atoms with Gasteiger partial charge in [0, 0.05) is 20.1 Å². The molecule has 0 atom stereocenters. The van der Waals surface area contributed by atoms with Crippen molar-refractivity contribution in [1.29, 1.82) is 0 Å². The molecule has 1 aromatic rings. The van der Waals surface area contributed by atoms with Crippen molar-refractivity contribution in [3.63, 3.8) is 0 Å². The van der Waals surface area contributed by atoms with E-state index in [9.17, 15) is 4.79 Å². The summed E-state index contributed by atoms with van der Waals surface area (Å²) in [6.45, 7) is 3.69. The first-order chi connectivity index (χ1) is 10.1. The maximum absolute atomic E-state index is 12.3. The van der Waals surface area contributed by atoms with Crippen molar-refractivity contribution >= 4 is 28.2 Å². The Morgan fingerprint density at radius 3 is 2.57 bits per heavy atom. The molecule has 2 aliphatic carbocycles. The molecule has 116 valence electrons. The number of anilines is 2. The topological polar surface area (TPSA) is 71.2 Å². The Morgan fingerprint density at radius 1 is 1.43 bits per heavy atom. The maximum Gasteiger partial charge on any atom is 0.265 e. The lowest BCUT2D eigenvalue weighted by Gasteiger charge is -2.15. The van der Waals surface area contributed by atoms with E-state index < -0.39 is 0 Å². The van der Waals surface area contributed by atoms with Crippen LogP contribution in [-0.4, -0.2) is 31.0 Å². The third kappa shape index (κ3) is 3.31. The number of nitrogens with one attached hydrogen (secondary N) is 1. The van der Waals surface area contributed by atoms with Gasteiger partial charge in [0.1, 0.15) is 10.7 Å². The van der Waals surface area contributed by atoms with Crippen LogP contribution < -0.4 is 16.0 Å². The Bertz CT molecular complexity index is 510. The van der Waals surface area contributed by atoms with E-state index in [4.69, 9.17) is 5.73 Å². The lowest BCUT2D eigenvalue weighted by Crippen LogP contribution is -2.31. The van der Waals surface area contributed by atoms with Crippen molar-refractivity contribution in [1.82, 2.24) is 10.3 Å². The molecule has 1 amide bonds. The standard InChI is InChI=1S/C15H24N4OS/c1-3-19(2)15-18-13(16)12(21-15)14(20)17-8-11(9-4-5-9)10-6-7-10/h9-11H,3-8,16H2,1-2H3,(H,17,20). The molecule has 2 fully saturated rings. The number of rotatable bonds is 7. The fourth-order valence-electron chi connectivity index (χ4n) is 2.84. The molecule has 0 aromatic carbocycles. The van der Waals surface area contributed by atoms with Crippen LogP contribution >= 0.6 is 11.3 Å². The van der Waals surface area contributed by atoms with Crippen LogP contribution in [0.2, 0.25) is 0 Å². The lowest BCUT2D eigenvalue weighted by molar-refractivity contribution is 0.0948. The SMILES string of the molecule is CCN(C)c1nc(N)c(C(=O)NCC(C2CC2)C2CC2)s1. The lowest BCUT2D eigenvalue weighted by atomic mass is 9.98. The number of thiazole rings is 1. The summed E-state index contributed by atoms with van der Waals surface area (Å²) in [6, 6.07) is 0. The van der Waals surface area contributed by atoms with E-state index in [1.807, 2.05) is 18.9 Å². The van der Waals surface area contributed by atoms with E-state index in [0.29, 0.717) is 16.6 Å². The molecule has 0 spiro atoms. The Labute approximate surface area is 129 Å². The summed E-state index contributed by atoms with van der Waals surface area (Å²) < 4.78 is 0. The highest BCUT2D eigenvalue weighted by Crippen LogP contribution is 2.48. The molecule has 0 aliphatic heterocycles. The van der Waals surface area contributed by atoms with E-state index in [2.05, 4.69) is 10.3 Å². The van der Waals surface area contributed by atoms with Gasteiger partial charge in [-0.3, -0.25) is 4.79 Å². The highest BCUT2D eigenvalue weighted by molar-refractivity contribution is 7.18. The van der Waals surface area contributed by atoms with E-state index >= 15 is 0 Å². The van der Waals surface area contributed by atoms with E-state index in [0.717, 1.165) is 30.1 Å². The van der Waals surface area contributed by atoms with Crippen LogP contribution in [0.5, 0.6) is 0 Å². The second-order valence-corrected chi connectivity index (χ2v) is 7.25. The number of amides is 1. The van der Waals surface area contributed by atoms with Crippen molar-refractivity contribution in [3.05, 3.63) is 4.88 Å². The smallest absolute Gasteiger partial charge is 0.265 e. The average molecular weight is 308 g/mol. The molecule has 0 bridgehead atoms. The second kappa shape index (κ2) is 5.83. The molecular weight excluding hydrogens is 284 g/mol. The maximum atomic E-state index is 12.3. The zero-order chi connectivity index (χ0) is 15.0. The predicted octanol–water partition coefficient (Wildman–Crippen LogP) is 2.35. The first kappa shape index (κ1) is 14.6. The Balaban J connectivity index is 1.60. The van der Waals surface area contributed by atoms with E-state index in [1.165, 1.54) is 37.0 Å². The highest BCUT2D eigenvalue weighted by Gasteiger charge is 2.41. The zero-order valence-corrected chi connectivity index (χ0v) is 13.6. The number of hydrogen-bond acceptors (Lipinski definition) is 5. The molecule has 0 radical (unpaired) electrons. The summed E-state index contributed by atoms with van der Waals surface area (Å²) in [7, 11) is 1.95. The first-order valence-electron chi connectivity index (χ1n) is 7.85. The van der Waals surface area contributed by atoms with Gasteiger partial charge in [-0.05, 0) is 50.4 Å². The van der Waals surface area contributed by atoms with Crippen LogP contribution in [0.3, 0.4) is 0 Å². The molecule has 2 aliphatic rings. The van der Waals surface area contributed by atoms with Crippen molar-refractivity contribution in [3.8, 4) is 0 Å². The summed E-state index contributed by atoms with van der Waals surface area (Å²) >= 11 is 1.38. The summed E-state index contributed by atoms with van der Waals surface area (Å²) in [4.78, 5) is 19.2. The molecule has 3 rings (SSSR count). The third-order valence-electron chi connectivity index (χ3n) is 4.60. The van der Waals surface area contributed by atoms with Gasteiger partial charge in [-0.15, -0.1) is 0 Å². The molecule has 5 nitrogen and oxygen atoms in total. The number of nitrogens with two attached hydrogens (primary N) is 1. The van der Waals surface area contributed by atoms with Gasteiger partial charge in [-0.2, -0.15) is 0 Å². The third-order valence-corrected chi connectivity index (χ3v) is 5.79. The number of hydrogen-bond donors (Lipinski definition) is 2. The van der Waals surface area contributed by atoms with Crippen LogP contribution in [0.15, 0.2) is 0 Å². The zero-order valence-electron chi connectivity index (χ0n) is 12.8. The number of carbonyl (C=O) groups is 1. The monoisotopic (exact) mass is 308 g/mol. The van der Waals surface area contributed by atoms with Crippen molar-refractivity contribution in [2.24, 2.45) is 17.8 Å². The summed E-state index contributed by atoms with van der Waals surface area (Å²) in [5, 5.41) is 3.89. The largest absolute Gasteiger partial charge is 0.382 e. The molecule has 21 heavy (non-hydrogen) atoms. The number of aromatic nitrogens is 1. The van der Waals surface area contributed by atoms with Crippen molar-refractivity contribution in [2.45, 2.75) is 32.6 Å². The number of carbonyl (C=O) groups excluding carboxylic acids is 1. The van der Waals surface area contributed by atoms with E-state index in [-0.39, 0.29) is 5.91 Å². The second-order valence-electron chi connectivity index (χ2n) is 6.27. The van der Waals surface area contributed by atoms with Crippen LogP contribution in [0.25, 0.3) is 0 Å². The number of nitrogens with zero attached hydrogens (tertiary/aromatic N) is 2. The van der Waals surface area contributed by atoms with Crippen LogP contribution in [0.1, 0.15) is 42.3 Å². The predicted molar refractivity (Wildman–Crippen MR) is 86.7 cm³/mol. The van der Waals surface area contributed by atoms with Crippen LogP contribution in [0, 0.1) is 17.8 Å². The van der Waals surface area contributed by atoms with Crippen LogP contribution in [-0.2, 0) is 0 Å². The van der Waals surface area contributed by atoms with Gasteiger partial charge in [0.05, 0.1) is 0 Å². The summed E-state index contributed by atoms with van der Waals surface area (Å²) in [5.41, 5.74) is 5.90. The molecule has 0 saturated heterocycles. The molecule has 3 N–H and O–H groups in total. The molecule has 2 saturated carbocycles. The van der Waals surface area contributed by atoms with Gasteiger partial charge in [-0.25, -0.2) is 4.98 Å². The molecule has 1 aromatic heterocycles. The van der Waals surface area contributed by atoms with Crippen molar-refractivity contribution < 1.29 is 4.79 Å². The Kier molecular flexibility index (Phi) is 4.06. The minimum absolute atomic E-state index is 0.0629. The van der Waals surface area contributed by atoms with Gasteiger partial charge < -0.3 is 16.0 Å². The van der Waals surface area contributed by atoms with Gasteiger partial charge in [0.2, 0.25) is 0 Å². The Hall–Kier alpha value is -1.30. The quantitative estimate of drug-likeness (QED) is 0.811. The van der Waals surface area contributed by atoms with E-state index in [1.54, 1.807) is 0 Å². The molecule has 1 heterocycles. The summed E-state index contributed by atoms with van der Waals surface area (Å²) in [5.74, 6) is 2.66. The fourth-order valence-corrected chi connectivity index (χ4v) is 3.77. The van der Waals surface area contributed by atoms with Gasteiger partial charge in [-0.1, -0.05) is 11.3 Å². The van der Waals surface area contributed by atoms with Gasteiger partial charge >= 0.3 is 0 Å². The van der Waals surface area contributed by atoms with Crippen molar-refractivity contribution in [2.75, 3.05) is 30.8 Å². The minimum atomic E-state index is -0.0629. The highest BCUT2D eigenvalue weighted by atomic mass is 32.1. The fraction of sp³-hybridized carbons (Fsp3) is 0.733. The van der Waals surface area contributed by atoms with Gasteiger partial charge in [0.15, 0.2) is 5.13 Å². The number of nitrogen functional groups attached to an aromatic ring is 1. The van der Waals surface area contributed by atoms with Crippen LogP contribution in [0.4, 0.5) is 10.9 Å².